The Morgan fingerprint density at radius 2 is 2.07 bits per heavy atom. The zero-order chi connectivity index (χ0) is 10.6. The number of halogens is 3. The van der Waals surface area contributed by atoms with Crippen LogP contribution in [0.5, 0.6) is 0 Å². The highest BCUT2D eigenvalue weighted by atomic mass is 79.9. The van der Waals surface area contributed by atoms with E-state index in [-0.39, 0.29) is 0 Å². The lowest BCUT2D eigenvalue weighted by atomic mass is 9.99. The molecule has 0 nitrogen and oxygen atoms in total. The molecule has 1 aromatic rings. The number of hydrogen-bond acceptors (Lipinski definition) is 0. The zero-order valence-corrected chi connectivity index (χ0v) is 11.2. The van der Waals surface area contributed by atoms with Crippen molar-refractivity contribution < 1.29 is 0 Å². The quantitative estimate of drug-likeness (QED) is 0.689. The van der Waals surface area contributed by atoms with Gasteiger partial charge in [0.2, 0.25) is 0 Å². The first kappa shape index (κ1) is 12.4. The number of rotatable bonds is 4. The van der Waals surface area contributed by atoms with E-state index < -0.39 is 0 Å². The van der Waals surface area contributed by atoms with Crippen molar-refractivity contribution in [2.24, 2.45) is 5.92 Å². The van der Waals surface area contributed by atoms with Gasteiger partial charge >= 0.3 is 0 Å². The van der Waals surface area contributed by atoms with Gasteiger partial charge in [-0.25, -0.2) is 0 Å². The maximum atomic E-state index is 6.10. The lowest BCUT2D eigenvalue weighted by Crippen LogP contribution is -2.04. The normalized spacial score (nSPS) is 12.9. The van der Waals surface area contributed by atoms with E-state index in [2.05, 4.69) is 22.9 Å². The Morgan fingerprint density at radius 1 is 1.36 bits per heavy atom. The first-order valence-electron chi connectivity index (χ1n) is 4.67. The van der Waals surface area contributed by atoms with Gasteiger partial charge in [0.05, 0.1) is 10.0 Å². The molecule has 0 aliphatic heterocycles. The minimum atomic E-state index is 0.631. The van der Waals surface area contributed by atoms with E-state index in [0.717, 1.165) is 23.7 Å². The van der Waals surface area contributed by atoms with E-state index in [0.29, 0.717) is 16.0 Å². The molecule has 1 unspecified atom stereocenters. The molecule has 1 aromatic carbocycles. The molecule has 1 atom stereocenters. The first-order chi connectivity index (χ1) is 6.69. The molecule has 14 heavy (non-hydrogen) atoms. The molecule has 0 heterocycles. The van der Waals surface area contributed by atoms with E-state index in [4.69, 9.17) is 23.2 Å². The molecular weight excluding hydrogens is 283 g/mol. The summed E-state index contributed by atoms with van der Waals surface area (Å²) < 4.78 is 0. The summed E-state index contributed by atoms with van der Waals surface area (Å²) in [5.41, 5.74) is 1.14. The zero-order valence-electron chi connectivity index (χ0n) is 8.06. The van der Waals surface area contributed by atoms with Crippen molar-refractivity contribution in [3.05, 3.63) is 33.8 Å². The Morgan fingerprint density at radius 3 is 2.64 bits per heavy atom. The van der Waals surface area contributed by atoms with Gasteiger partial charge in [-0.15, -0.1) is 0 Å². The summed E-state index contributed by atoms with van der Waals surface area (Å²) in [4.78, 5) is 0. The molecule has 0 bridgehead atoms. The van der Waals surface area contributed by atoms with Crippen molar-refractivity contribution in [3.8, 4) is 0 Å². The Balaban J connectivity index is 2.80. The summed E-state index contributed by atoms with van der Waals surface area (Å²) in [5.74, 6) is 0.631. The van der Waals surface area contributed by atoms with Crippen LogP contribution in [0.15, 0.2) is 18.2 Å². The van der Waals surface area contributed by atoms with Crippen LogP contribution in [0, 0.1) is 5.92 Å². The molecule has 0 aliphatic rings. The third-order valence-corrected chi connectivity index (χ3v) is 4.11. The smallest absolute Gasteiger partial charge is 0.0624 e. The van der Waals surface area contributed by atoms with E-state index in [1.165, 1.54) is 0 Å². The minimum absolute atomic E-state index is 0.631. The minimum Gasteiger partial charge on any atom is -0.0925 e. The summed E-state index contributed by atoms with van der Waals surface area (Å²) in [6.45, 7) is 2.18. The number of alkyl halides is 1. The molecule has 0 fully saturated rings. The summed E-state index contributed by atoms with van der Waals surface area (Å²) in [6.07, 6.45) is 2.13. The molecule has 0 aliphatic carbocycles. The van der Waals surface area contributed by atoms with Gasteiger partial charge < -0.3 is 0 Å². The fourth-order valence-corrected chi connectivity index (χ4v) is 2.41. The maximum Gasteiger partial charge on any atom is 0.0624 e. The van der Waals surface area contributed by atoms with E-state index in [1.807, 2.05) is 18.2 Å². The molecule has 0 N–H and O–H groups in total. The summed E-state index contributed by atoms with van der Waals surface area (Å²) >= 11 is 15.5. The van der Waals surface area contributed by atoms with E-state index in [1.54, 1.807) is 0 Å². The van der Waals surface area contributed by atoms with Crippen molar-refractivity contribution in [2.75, 3.05) is 5.33 Å². The second-order valence-electron chi connectivity index (χ2n) is 3.35. The molecule has 0 aromatic heterocycles. The summed E-state index contributed by atoms with van der Waals surface area (Å²) in [7, 11) is 0. The van der Waals surface area contributed by atoms with Crippen LogP contribution in [0.1, 0.15) is 18.9 Å². The molecule has 0 amide bonds. The predicted octanol–water partition coefficient (Wildman–Crippen LogP) is 4.96. The molecule has 0 saturated carbocycles. The highest BCUT2D eigenvalue weighted by molar-refractivity contribution is 9.09. The molecule has 3 heteroatoms. The Kier molecular flexibility index (Phi) is 5.29. The fraction of sp³-hybridized carbons (Fsp3) is 0.455. The van der Waals surface area contributed by atoms with Gasteiger partial charge in [0.25, 0.3) is 0 Å². The first-order valence-corrected chi connectivity index (χ1v) is 6.55. The Hall–Kier alpha value is 0.280. The predicted molar refractivity (Wildman–Crippen MR) is 67.7 cm³/mol. The monoisotopic (exact) mass is 294 g/mol. The van der Waals surface area contributed by atoms with Crippen LogP contribution < -0.4 is 0 Å². The molecule has 0 spiro atoms. The van der Waals surface area contributed by atoms with Crippen LogP contribution in [0.25, 0.3) is 0 Å². The van der Waals surface area contributed by atoms with Crippen molar-refractivity contribution in [1.29, 1.82) is 0 Å². The molecule has 0 radical (unpaired) electrons. The standard InChI is InChI=1S/C11H13BrCl2/c1-2-8(7-12)6-9-4-3-5-10(13)11(9)14/h3-5,8H,2,6-7H2,1H3. The topological polar surface area (TPSA) is 0 Å². The summed E-state index contributed by atoms with van der Waals surface area (Å²) in [5, 5.41) is 2.36. The van der Waals surface area contributed by atoms with Gasteiger partial charge in [-0.1, -0.05) is 64.6 Å². The van der Waals surface area contributed by atoms with Crippen molar-refractivity contribution in [2.45, 2.75) is 19.8 Å². The van der Waals surface area contributed by atoms with E-state index >= 15 is 0 Å². The maximum absolute atomic E-state index is 6.10. The molecule has 0 saturated heterocycles. The van der Waals surface area contributed by atoms with Crippen molar-refractivity contribution in [3.63, 3.8) is 0 Å². The van der Waals surface area contributed by atoms with Crippen LogP contribution in [-0.2, 0) is 6.42 Å². The summed E-state index contributed by atoms with van der Waals surface area (Å²) in [6, 6.07) is 5.81. The molecule has 1 rings (SSSR count). The fourth-order valence-electron chi connectivity index (χ4n) is 1.33. The van der Waals surface area contributed by atoms with Gasteiger partial charge in [0.15, 0.2) is 0 Å². The molecular formula is C11H13BrCl2. The average Bonchev–Trinajstić information content (AvgIpc) is 2.20. The Labute approximate surface area is 104 Å². The van der Waals surface area contributed by atoms with Crippen LogP contribution in [0.4, 0.5) is 0 Å². The highest BCUT2D eigenvalue weighted by Crippen LogP contribution is 2.28. The average molecular weight is 296 g/mol. The lowest BCUT2D eigenvalue weighted by Gasteiger charge is -2.12. The van der Waals surface area contributed by atoms with E-state index in [9.17, 15) is 0 Å². The van der Waals surface area contributed by atoms with Gasteiger partial charge in [-0.2, -0.15) is 0 Å². The van der Waals surface area contributed by atoms with Crippen LogP contribution in [0.3, 0.4) is 0 Å². The van der Waals surface area contributed by atoms with Crippen LogP contribution in [-0.4, -0.2) is 5.33 Å². The second-order valence-corrected chi connectivity index (χ2v) is 4.78. The highest BCUT2D eigenvalue weighted by Gasteiger charge is 2.10. The second kappa shape index (κ2) is 5.99. The van der Waals surface area contributed by atoms with Gasteiger partial charge in [-0.3, -0.25) is 0 Å². The van der Waals surface area contributed by atoms with Gasteiger partial charge in [0.1, 0.15) is 0 Å². The number of hydrogen-bond donors (Lipinski definition) is 0. The third-order valence-electron chi connectivity index (χ3n) is 2.34. The lowest BCUT2D eigenvalue weighted by molar-refractivity contribution is 0.574. The van der Waals surface area contributed by atoms with Crippen LogP contribution >= 0.6 is 39.1 Å². The molecule has 78 valence electrons. The van der Waals surface area contributed by atoms with Gasteiger partial charge in [-0.05, 0) is 24.0 Å². The van der Waals surface area contributed by atoms with Crippen molar-refractivity contribution in [1.82, 2.24) is 0 Å². The number of benzene rings is 1. The largest absolute Gasteiger partial charge is 0.0925 e. The Bertz CT molecular complexity index is 295. The van der Waals surface area contributed by atoms with Crippen LogP contribution in [0.2, 0.25) is 10.0 Å². The van der Waals surface area contributed by atoms with Crippen molar-refractivity contribution >= 4 is 39.1 Å². The van der Waals surface area contributed by atoms with Gasteiger partial charge in [0, 0.05) is 5.33 Å². The third kappa shape index (κ3) is 3.15. The SMILES string of the molecule is CCC(CBr)Cc1cccc(Cl)c1Cl.